The average molecular weight is 477 g/mol. The number of rotatable bonds is 0. The average Bonchev–Trinajstić information content (AvgIpc) is 3.63. The highest BCUT2D eigenvalue weighted by Gasteiger charge is 2.31. The van der Waals surface area contributed by atoms with Gasteiger partial charge in [-0.15, -0.1) is 0 Å². The summed E-state index contributed by atoms with van der Waals surface area (Å²) in [6, 6.07) is 0. The zero-order valence-electron chi connectivity index (χ0n) is 24.0. The monoisotopic (exact) mass is 476 g/mol. The molecule has 0 amide bonds. The van der Waals surface area contributed by atoms with Crippen molar-refractivity contribution in [3.63, 3.8) is 0 Å². The Bertz CT molecular complexity index is 365. The van der Waals surface area contributed by atoms with Crippen LogP contribution in [0.3, 0.4) is 0 Å². The summed E-state index contributed by atoms with van der Waals surface area (Å²) in [5.74, 6) is 0.263. The minimum atomic E-state index is -0.369. The molecule has 2 heterocycles. The van der Waals surface area contributed by atoms with Crippen LogP contribution in [0.15, 0.2) is 0 Å². The van der Waals surface area contributed by atoms with Gasteiger partial charge in [0.2, 0.25) is 0 Å². The number of carbonyl (C=O) groups excluding carboxylic acids is 1. The molecule has 5 nitrogen and oxygen atoms in total. The standard InChI is InChI=1S/C8H16O2.C5H8O2.2C5H10.2C2H6.CH4O/c1-6-5-9-8(3,4)10-7(6)2;1-4-2-3-7-5(4)6;2*1-2-4-5-3-1;3*1-2/h6-7H,5H2,1-4H3;4H,2-3H2,1H3;2*1-5H2;2*1-2H3;2H,1H3. The van der Waals surface area contributed by atoms with Gasteiger partial charge in [-0.05, 0) is 27.2 Å². The van der Waals surface area contributed by atoms with Gasteiger partial charge in [0, 0.05) is 13.0 Å². The van der Waals surface area contributed by atoms with Crippen LogP contribution >= 0.6 is 0 Å². The molecule has 0 aromatic rings. The van der Waals surface area contributed by atoms with Gasteiger partial charge < -0.3 is 19.3 Å². The molecule has 1 N–H and O–H groups in total. The van der Waals surface area contributed by atoms with Crippen molar-refractivity contribution in [2.45, 2.75) is 145 Å². The number of aliphatic hydroxyl groups is 1. The minimum Gasteiger partial charge on any atom is -0.465 e. The van der Waals surface area contributed by atoms with E-state index in [4.69, 9.17) is 14.6 Å². The molecule has 0 aromatic heterocycles. The largest absolute Gasteiger partial charge is 0.465 e. The lowest BCUT2D eigenvalue weighted by Gasteiger charge is -2.38. The van der Waals surface area contributed by atoms with Crippen LogP contribution in [0.2, 0.25) is 0 Å². The molecule has 2 aliphatic heterocycles. The highest BCUT2D eigenvalue weighted by molar-refractivity contribution is 5.73. The third kappa shape index (κ3) is 22.9. The first-order chi connectivity index (χ1) is 15.8. The fourth-order valence-electron chi connectivity index (χ4n) is 3.43. The van der Waals surface area contributed by atoms with Crippen LogP contribution in [0.1, 0.15) is 133 Å². The molecule has 4 aliphatic rings. The van der Waals surface area contributed by atoms with E-state index in [-0.39, 0.29) is 17.7 Å². The summed E-state index contributed by atoms with van der Waals surface area (Å²) in [5.41, 5.74) is 0. The number of carbonyl (C=O) groups is 1. The van der Waals surface area contributed by atoms with Gasteiger partial charge in [0.1, 0.15) is 0 Å². The van der Waals surface area contributed by atoms with Crippen LogP contribution in [-0.2, 0) is 19.0 Å². The molecular weight excluding hydrogens is 416 g/mol. The fourth-order valence-corrected chi connectivity index (χ4v) is 3.43. The van der Waals surface area contributed by atoms with E-state index in [0.717, 1.165) is 20.1 Å². The Morgan fingerprint density at radius 1 is 0.758 bits per heavy atom. The molecule has 33 heavy (non-hydrogen) atoms. The van der Waals surface area contributed by atoms with Crippen LogP contribution < -0.4 is 0 Å². The smallest absolute Gasteiger partial charge is 0.308 e. The highest BCUT2D eigenvalue weighted by Crippen LogP contribution is 2.25. The van der Waals surface area contributed by atoms with E-state index in [1.54, 1.807) is 0 Å². The second-order valence-electron chi connectivity index (χ2n) is 8.90. The van der Waals surface area contributed by atoms with Crippen molar-refractivity contribution in [1.29, 1.82) is 0 Å². The Morgan fingerprint density at radius 3 is 1.30 bits per heavy atom. The van der Waals surface area contributed by atoms with E-state index < -0.39 is 0 Å². The van der Waals surface area contributed by atoms with Gasteiger partial charge in [0.05, 0.1) is 25.2 Å². The lowest BCUT2D eigenvalue weighted by atomic mass is 10.1. The molecule has 202 valence electrons. The van der Waals surface area contributed by atoms with Crippen molar-refractivity contribution in [2.24, 2.45) is 11.8 Å². The molecule has 3 atom stereocenters. The van der Waals surface area contributed by atoms with Crippen molar-refractivity contribution in [1.82, 2.24) is 0 Å². The van der Waals surface area contributed by atoms with Crippen molar-refractivity contribution < 1.29 is 24.1 Å². The lowest BCUT2D eigenvalue weighted by Crippen LogP contribution is -2.43. The van der Waals surface area contributed by atoms with E-state index in [1.807, 2.05) is 48.5 Å². The van der Waals surface area contributed by atoms with E-state index >= 15 is 0 Å². The number of hydrogen-bond acceptors (Lipinski definition) is 5. The van der Waals surface area contributed by atoms with Crippen molar-refractivity contribution in [3.05, 3.63) is 0 Å². The molecule has 0 aromatic carbocycles. The first-order valence-electron chi connectivity index (χ1n) is 13.7. The van der Waals surface area contributed by atoms with Crippen LogP contribution in [0.4, 0.5) is 0 Å². The summed E-state index contributed by atoms with van der Waals surface area (Å²) in [6.07, 6.45) is 16.2. The summed E-state index contributed by atoms with van der Waals surface area (Å²) in [7, 11) is 1.00. The molecule has 2 saturated heterocycles. The predicted molar refractivity (Wildman–Crippen MR) is 141 cm³/mol. The topological polar surface area (TPSA) is 65.0 Å². The predicted octanol–water partition coefficient (Wildman–Crippen LogP) is 7.93. The van der Waals surface area contributed by atoms with Gasteiger partial charge in [0.25, 0.3) is 0 Å². The van der Waals surface area contributed by atoms with Crippen molar-refractivity contribution in [2.75, 3.05) is 20.3 Å². The minimum absolute atomic E-state index is 0.0417. The van der Waals surface area contributed by atoms with Gasteiger partial charge in [-0.1, -0.05) is 106 Å². The second kappa shape index (κ2) is 26.0. The molecule has 2 saturated carbocycles. The van der Waals surface area contributed by atoms with Gasteiger partial charge >= 0.3 is 5.97 Å². The van der Waals surface area contributed by atoms with Crippen LogP contribution in [0, 0.1) is 11.8 Å². The maximum Gasteiger partial charge on any atom is 0.308 e. The van der Waals surface area contributed by atoms with E-state index in [1.165, 1.54) is 64.2 Å². The maximum absolute atomic E-state index is 10.4. The molecule has 0 bridgehead atoms. The van der Waals surface area contributed by atoms with Crippen LogP contribution in [-0.4, -0.2) is 43.3 Å². The van der Waals surface area contributed by atoms with E-state index in [0.29, 0.717) is 18.6 Å². The SMILES string of the molecule is C1CCCC1.C1CCCC1.CC.CC.CC1CCOC1=O.CC1COC(C)(C)OC1C.CO. The first-order valence-corrected chi connectivity index (χ1v) is 13.7. The lowest BCUT2D eigenvalue weighted by molar-refractivity contribution is -0.286. The number of ether oxygens (including phenoxy) is 3. The number of hydrogen-bond donors (Lipinski definition) is 1. The number of esters is 1. The van der Waals surface area contributed by atoms with Crippen LogP contribution in [0.25, 0.3) is 0 Å². The van der Waals surface area contributed by atoms with Gasteiger partial charge in [-0.2, -0.15) is 0 Å². The summed E-state index contributed by atoms with van der Waals surface area (Å²) >= 11 is 0. The summed E-state index contributed by atoms with van der Waals surface area (Å²) in [6.45, 7) is 19.5. The Morgan fingerprint density at radius 2 is 1.12 bits per heavy atom. The summed E-state index contributed by atoms with van der Waals surface area (Å²) < 4.78 is 15.6. The van der Waals surface area contributed by atoms with Crippen molar-refractivity contribution >= 4 is 5.97 Å². The molecule has 4 fully saturated rings. The second-order valence-corrected chi connectivity index (χ2v) is 8.90. The Balaban J connectivity index is -0.000000347. The van der Waals surface area contributed by atoms with Gasteiger partial charge in [-0.25, -0.2) is 0 Å². The van der Waals surface area contributed by atoms with Crippen LogP contribution in [0.5, 0.6) is 0 Å². The Labute approximate surface area is 207 Å². The fraction of sp³-hybridized carbons (Fsp3) is 0.964. The quantitative estimate of drug-likeness (QED) is 0.360. The maximum atomic E-state index is 10.4. The van der Waals surface area contributed by atoms with E-state index in [9.17, 15) is 4.79 Å². The zero-order valence-corrected chi connectivity index (χ0v) is 24.0. The molecule has 5 heteroatoms. The number of cyclic esters (lactones) is 1. The molecule has 0 radical (unpaired) electrons. The molecule has 0 spiro atoms. The molecule has 2 aliphatic carbocycles. The molecular formula is C28H60O5. The van der Waals surface area contributed by atoms with E-state index in [2.05, 4.69) is 18.6 Å². The molecule has 4 rings (SSSR count). The third-order valence-corrected chi connectivity index (χ3v) is 5.66. The zero-order chi connectivity index (χ0) is 26.1. The number of aliphatic hydroxyl groups excluding tert-OH is 1. The summed E-state index contributed by atoms with van der Waals surface area (Å²) in [5, 5.41) is 7.00. The Hall–Kier alpha value is -0.650. The third-order valence-electron chi connectivity index (χ3n) is 5.66. The van der Waals surface area contributed by atoms with Crippen molar-refractivity contribution in [3.8, 4) is 0 Å². The summed E-state index contributed by atoms with van der Waals surface area (Å²) in [4.78, 5) is 10.4. The van der Waals surface area contributed by atoms with Gasteiger partial charge in [-0.3, -0.25) is 4.79 Å². The van der Waals surface area contributed by atoms with Gasteiger partial charge in [0.15, 0.2) is 5.79 Å². The Kier molecular flexibility index (Phi) is 29.0. The molecule has 3 unspecified atom stereocenters. The highest BCUT2D eigenvalue weighted by atomic mass is 16.7. The normalized spacial score (nSPS) is 26.3. The first kappa shape index (κ1) is 36.9.